The molecular formula is C22H18BrFN4OS. The summed E-state index contributed by atoms with van der Waals surface area (Å²) >= 11 is 4.93. The Hall–Kier alpha value is -2.45. The lowest BCUT2D eigenvalue weighted by molar-refractivity contribution is -0.116. The molecule has 1 aliphatic heterocycles. The number of Topliss-reactive ketones (excluding diaryl/α,β-unsaturated/α-hetero) is 1. The zero-order valence-electron chi connectivity index (χ0n) is 15.9. The van der Waals surface area contributed by atoms with Crippen molar-refractivity contribution in [3.8, 4) is 0 Å². The van der Waals surface area contributed by atoms with E-state index in [9.17, 15) is 9.18 Å². The monoisotopic (exact) mass is 484 g/mol. The van der Waals surface area contributed by atoms with Crippen LogP contribution in [0.5, 0.6) is 0 Å². The summed E-state index contributed by atoms with van der Waals surface area (Å²) in [5.41, 5.74) is 3.59. The van der Waals surface area contributed by atoms with Crippen molar-refractivity contribution in [1.29, 1.82) is 0 Å². The minimum absolute atomic E-state index is 0.159. The first-order valence-electron chi connectivity index (χ1n) is 9.71. The zero-order valence-corrected chi connectivity index (χ0v) is 18.3. The lowest BCUT2D eigenvalue weighted by Crippen LogP contribution is -2.31. The topological polar surface area (TPSA) is 59.8 Å². The van der Waals surface area contributed by atoms with Gasteiger partial charge in [-0.15, -0.1) is 5.10 Å². The lowest BCUT2D eigenvalue weighted by atomic mass is 9.85. The number of benzene rings is 2. The first-order chi connectivity index (χ1) is 14.6. The van der Waals surface area contributed by atoms with Gasteiger partial charge in [-0.1, -0.05) is 52.0 Å². The smallest absolute Gasteiger partial charge is 0.227 e. The Balaban J connectivity index is 1.50. The van der Waals surface area contributed by atoms with Crippen molar-refractivity contribution in [2.75, 3.05) is 5.32 Å². The highest BCUT2D eigenvalue weighted by Crippen LogP contribution is 2.40. The van der Waals surface area contributed by atoms with Gasteiger partial charge in [0.2, 0.25) is 11.1 Å². The van der Waals surface area contributed by atoms with Crippen molar-refractivity contribution in [3.05, 3.63) is 81.2 Å². The number of thioether (sulfide) groups is 1. The summed E-state index contributed by atoms with van der Waals surface area (Å²) in [5.74, 6) is 1.11. The molecule has 3 aromatic rings. The van der Waals surface area contributed by atoms with Crippen molar-refractivity contribution in [1.82, 2.24) is 14.8 Å². The number of halogens is 2. The number of carbonyl (C=O) groups is 1. The number of anilines is 1. The summed E-state index contributed by atoms with van der Waals surface area (Å²) in [5, 5.41) is 8.64. The fraction of sp³-hybridized carbons (Fsp3) is 0.227. The molecule has 0 unspecified atom stereocenters. The fourth-order valence-corrected chi connectivity index (χ4v) is 4.96. The fourth-order valence-electron chi connectivity index (χ4n) is 3.93. The molecule has 0 radical (unpaired) electrons. The largest absolute Gasteiger partial charge is 0.328 e. The summed E-state index contributed by atoms with van der Waals surface area (Å²) in [4.78, 5) is 17.5. The summed E-state index contributed by atoms with van der Waals surface area (Å²) < 4.78 is 16.2. The van der Waals surface area contributed by atoms with Gasteiger partial charge >= 0.3 is 0 Å². The maximum absolute atomic E-state index is 13.5. The average molecular weight is 485 g/mol. The molecule has 1 atom stereocenters. The van der Waals surface area contributed by atoms with E-state index in [1.165, 1.54) is 23.9 Å². The van der Waals surface area contributed by atoms with E-state index in [0.717, 1.165) is 39.7 Å². The normalized spacial score (nSPS) is 18.1. The van der Waals surface area contributed by atoms with Crippen LogP contribution in [0.3, 0.4) is 0 Å². The molecule has 2 aromatic carbocycles. The SMILES string of the molecule is O=C1CCCC2=C1[C@H](c1ccc(Br)cc1)n1nc(SCc3cccc(F)c3)nc1N2. The third kappa shape index (κ3) is 3.70. The van der Waals surface area contributed by atoms with E-state index in [0.29, 0.717) is 23.3 Å². The Morgan fingerprint density at radius 1 is 1.20 bits per heavy atom. The van der Waals surface area contributed by atoms with Gasteiger partial charge in [0.1, 0.15) is 11.9 Å². The van der Waals surface area contributed by atoms with Crippen LogP contribution < -0.4 is 5.32 Å². The second kappa shape index (κ2) is 8.00. The second-order valence-corrected chi connectivity index (χ2v) is 9.19. The van der Waals surface area contributed by atoms with Gasteiger partial charge in [0, 0.05) is 27.9 Å². The highest BCUT2D eigenvalue weighted by atomic mass is 79.9. The molecule has 1 aromatic heterocycles. The van der Waals surface area contributed by atoms with Crippen molar-refractivity contribution in [2.24, 2.45) is 0 Å². The predicted octanol–water partition coefficient (Wildman–Crippen LogP) is 5.49. The van der Waals surface area contributed by atoms with Crippen molar-refractivity contribution >= 4 is 39.4 Å². The molecule has 0 fully saturated rings. The molecular weight excluding hydrogens is 467 g/mol. The highest BCUT2D eigenvalue weighted by molar-refractivity contribution is 9.10. The molecule has 5 rings (SSSR count). The van der Waals surface area contributed by atoms with Crippen molar-refractivity contribution in [3.63, 3.8) is 0 Å². The molecule has 0 amide bonds. The number of aromatic nitrogens is 3. The van der Waals surface area contributed by atoms with E-state index in [1.807, 2.05) is 30.3 Å². The molecule has 30 heavy (non-hydrogen) atoms. The molecule has 1 aliphatic carbocycles. The van der Waals surface area contributed by atoms with Crippen LogP contribution in [0.15, 0.2) is 69.4 Å². The van der Waals surface area contributed by atoms with Gasteiger partial charge < -0.3 is 5.32 Å². The Bertz CT molecular complexity index is 1160. The van der Waals surface area contributed by atoms with Crippen LogP contribution in [0.2, 0.25) is 0 Å². The lowest BCUT2D eigenvalue weighted by Gasteiger charge is -2.32. The highest BCUT2D eigenvalue weighted by Gasteiger charge is 2.36. The van der Waals surface area contributed by atoms with Gasteiger partial charge in [-0.2, -0.15) is 4.98 Å². The maximum atomic E-state index is 13.5. The molecule has 8 heteroatoms. The van der Waals surface area contributed by atoms with Crippen LogP contribution in [-0.4, -0.2) is 20.5 Å². The van der Waals surface area contributed by atoms with E-state index < -0.39 is 0 Å². The number of ketones is 1. The van der Waals surface area contributed by atoms with Gasteiger partial charge in [-0.05, 0) is 48.2 Å². The predicted molar refractivity (Wildman–Crippen MR) is 118 cm³/mol. The summed E-state index contributed by atoms with van der Waals surface area (Å²) in [6, 6.07) is 14.2. The maximum Gasteiger partial charge on any atom is 0.227 e. The Kier molecular flexibility index (Phi) is 5.20. The summed E-state index contributed by atoms with van der Waals surface area (Å²) in [6.07, 6.45) is 2.22. The van der Waals surface area contributed by atoms with Crippen molar-refractivity contribution in [2.45, 2.75) is 36.2 Å². The quantitative estimate of drug-likeness (QED) is 0.495. The van der Waals surface area contributed by atoms with E-state index in [4.69, 9.17) is 5.10 Å². The second-order valence-electron chi connectivity index (χ2n) is 7.33. The minimum atomic E-state index is -0.298. The third-order valence-electron chi connectivity index (χ3n) is 5.29. The Morgan fingerprint density at radius 2 is 2.03 bits per heavy atom. The van der Waals surface area contributed by atoms with Crippen LogP contribution in [0, 0.1) is 5.82 Å². The number of nitrogens with one attached hydrogen (secondary N) is 1. The summed E-state index contributed by atoms with van der Waals surface area (Å²) in [7, 11) is 0. The van der Waals surface area contributed by atoms with Crippen LogP contribution in [-0.2, 0) is 10.5 Å². The molecule has 2 aliphatic rings. The van der Waals surface area contributed by atoms with Gasteiger partial charge in [0.05, 0.1) is 0 Å². The zero-order chi connectivity index (χ0) is 20.7. The number of fused-ring (bicyclic) bond motifs is 1. The first kappa shape index (κ1) is 19.5. The molecule has 152 valence electrons. The molecule has 5 nitrogen and oxygen atoms in total. The number of carbonyl (C=O) groups excluding carboxylic acids is 1. The van der Waals surface area contributed by atoms with E-state index in [2.05, 4.69) is 26.2 Å². The first-order valence-corrected chi connectivity index (χ1v) is 11.5. The van der Waals surface area contributed by atoms with Crippen LogP contribution in [0.4, 0.5) is 10.3 Å². The molecule has 0 bridgehead atoms. The molecule has 0 spiro atoms. The molecule has 0 saturated carbocycles. The number of allylic oxidation sites excluding steroid dienone is 2. The van der Waals surface area contributed by atoms with Gasteiger partial charge in [-0.3, -0.25) is 4.79 Å². The molecule has 1 N–H and O–H groups in total. The van der Waals surface area contributed by atoms with Crippen LogP contribution in [0.1, 0.15) is 36.4 Å². The van der Waals surface area contributed by atoms with Crippen LogP contribution in [0.25, 0.3) is 0 Å². The van der Waals surface area contributed by atoms with E-state index in [1.54, 1.807) is 10.7 Å². The number of rotatable bonds is 4. The standard InChI is InChI=1S/C22H18BrFN4OS/c23-15-9-7-14(8-10-15)20-19-17(5-2-6-18(19)29)25-21-26-22(27-28(20)21)30-12-13-3-1-4-16(24)11-13/h1,3-4,7-11,20H,2,5-6,12H2,(H,25,26,27)/t20-/m0/s1. The Labute approximate surface area is 185 Å². The number of hydrogen-bond acceptors (Lipinski definition) is 5. The van der Waals surface area contributed by atoms with Gasteiger partial charge in [-0.25, -0.2) is 9.07 Å². The van der Waals surface area contributed by atoms with E-state index >= 15 is 0 Å². The molecule has 0 saturated heterocycles. The minimum Gasteiger partial charge on any atom is -0.328 e. The van der Waals surface area contributed by atoms with Gasteiger partial charge in [0.15, 0.2) is 5.78 Å². The number of nitrogens with zero attached hydrogens (tertiary/aromatic N) is 3. The third-order valence-corrected chi connectivity index (χ3v) is 6.73. The average Bonchev–Trinajstić information content (AvgIpc) is 3.14. The van der Waals surface area contributed by atoms with E-state index in [-0.39, 0.29) is 17.6 Å². The molecule has 2 heterocycles. The number of hydrogen-bond donors (Lipinski definition) is 1. The van der Waals surface area contributed by atoms with Crippen molar-refractivity contribution < 1.29 is 9.18 Å². The Morgan fingerprint density at radius 3 is 2.83 bits per heavy atom. The summed E-state index contributed by atoms with van der Waals surface area (Å²) in [6.45, 7) is 0. The van der Waals surface area contributed by atoms with Crippen LogP contribution >= 0.6 is 27.7 Å². The van der Waals surface area contributed by atoms with Gasteiger partial charge in [0.25, 0.3) is 0 Å².